The molecule has 6 atom stereocenters. The normalized spacial score (nSPS) is 20.1. The number of ether oxygens (including phenoxy) is 5. The van der Waals surface area contributed by atoms with Gasteiger partial charge >= 0.3 is 12.1 Å². The van der Waals surface area contributed by atoms with Gasteiger partial charge in [-0.15, -0.1) is 0 Å². The quantitative estimate of drug-likeness (QED) is 0.0264. The summed E-state index contributed by atoms with van der Waals surface area (Å²) >= 11 is 0. The number of benzene rings is 3. The number of alkyl halides is 3. The summed E-state index contributed by atoms with van der Waals surface area (Å²) in [5.41, 5.74) is 10.2. The Morgan fingerprint density at radius 2 is 1.62 bits per heavy atom. The van der Waals surface area contributed by atoms with Crippen LogP contribution in [-0.4, -0.2) is 160 Å². The number of carboxylic acid groups (broad SMARTS) is 1. The van der Waals surface area contributed by atoms with E-state index in [1.54, 1.807) is 34.6 Å². The molecule has 1 unspecified atom stereocenters. The van der Waals surface area contributed by atoms with Crippen LogP contribution in [0.3, 0.4) is 0 Å². The van der Waals surface area contributed by atoms with Crippen LogP contribution < -0.4 is 30.6 Å². The molecule has 0 radical (unpaired) electrons. The van der Waals surface area contributed by atoms with Crippen LogP contribution in [0.4, 0.5) is 30.4 Å². The lowest BCUT2D eigenvalue weighted by Crippen LogP contribution is -2.61. The predicted octanol–water partition coefficient (Wildman–Crippen LogP) is 1.86. The molecule has 5 aromatic rings. The highest BCUT2D eigenvalue weighted by atomic mass is 19.4. The second kappa shape index (κ2) is 25.7. The molecule has 8 rings (SSSR count). The lowest BCUT2D eigenvalue weighted by molar-refractivity contribution is -0.667. The Hall–Kier alpha value is -7.59. The first-order valence-electron chi connectivity index (χ1n) is 25.8. The average molecular weight is 1120 g/mol. The maximum atomic E-state index is 13.5. The van der Waals surface area contributed by atoms with Gasteiger partial charge in [-0.05, 0) is 59.0 Å². The SMILES string of the molecule is CC1CC(=O)N(CCOCCOCCOCCC(=O)NCCC(=O)Nc2cc(C[n+]3cnc(N)c4c(-c5ccc6c(c5)CCN6C(=O)Cc5cccc(C(F)(F)F)c5)cn(C)c43)ccc2O[C@@H]2O[C@H](C(=O)O)[C@@H](O)[C@H](O)[C@H]2O)C1=O. The molecule has 26 heteroatoms. The van der Waals surface area contributed by atoms with Gasteiger partial charge in [0, 0.05) is 49.5 Å². The Morgan fingerprint density at radius 1 is 0.887 bits per heavy atom. The lowest BCUT2D eigenvalue weighted by atomic mass is 9.99. The van der Waals surface area contributed by atoms with Crippen molar-refractivity contribution in [3.05, 3.63) is 95.4 Å². The minimum atomic E-state index is -4.54. The second-order valence-electron chi connectivity index (χ2n) is 19.5. The second-order valence-corrected chi connectivity index (χ2v) is 19.5. The van der Waals surface area contributed by atoms with Crippen molar-refractivity contribution < 1.29 is 90.6 Å². The molecule has 3 aliphatic heterocycles. The number of fused-ring (bicyclic) bond motifs is 2. The number of nitrogens with one attached hydrogen (secondary N) is 2. The summed E-state index contributed by atoms with van der Waals surface area (Å²) < 4.78 is 71.4. The summed E-state index contributed by atoms with van der Waals surface area (Å²) in [5.74, 6) is -3.57. The van der Waals surface area contributed by atoms with Crippen LogP contribution in [0, 0.1) is 5.92 Å². The number of aromatic nitrogens is 3. The number of halogens is 3. The molecular formula is C54H62F3N8O15+. The number of carbonyl (C=O) groups is 6. The number of nitrogen functional groups attached to an aromatic ring is 1. The predicted molar refractivity (Wildman–Crippen MR) is 276 cm³/mol. The van der Waals surface area contributed by atoms with Crippen LogP contribution in [0.25, 0.3) is 22.2 Å². The Labute approximate surface area is 455 Å². The third-order valence-electron chi connectivity index (χ3n) is 13.8. The van der Waals surface area contributed by atoms with Gasteiger partial charge in [-0.25, -0.2) is 9.36 Å². The first kappa shape index (κ1) is 58.6. The molecule has 5 heterocycles. The van der Waals surface area contributed by atoms with Gasteiger partial charge in [0.05, 0.1) is 83.6 Å². The molecule has 3 aromatic carbocycles. The minimum Gasteiger partial charge on any atom is -0.479 e. The van der Waals surface area contributed by atoms with Crippen molar-refractivity contribution in [3.63, 3.8) is 0 Å². The van der Waals surface area contributed by atoms with E-state index in [0.717, 1.165) is 28.8 Å². The molecule has 23 nitrogen and oxygen atoms in total. The van der Waals surface area contributed by atoms with Gasteiger partial charge in [0.2, 0.25) is 53.6 Å². The number of aliphatic carboxylic acids is 1. The van der Waals surface area contributed by atoms with Crippen molar-refractivity contribution >= 4 is 63.7 Å². The van der Waals surface area contributed by atoms with Crippen LogP contribution >= 0.6 is 0 Å². The maximum absolute atomic E-state index is 13.5. The highest BCUT2D eigenvalue weighted by molar-refractivity contribution is 6.03. The molecular weight excluding hydrogens is 1060 g/mol. The number of aliphatic hydroxyl groups is 3. The molecule has 0 bridgehead atoms. The standard InChI is InChI=1S/C54H61F3N8O15/c1-30-22-42(68)65(51(30)73)15-17-77-19-21-78-20-18-76-16-12-40(66)59-13-10-41(67)61-37-24-32(6-9-39(37)79-53-47(72)45(70)46(71)48(80-53)52(74)75)27-63-29-60-49(58)44-36(28-62(2)50(44)63)33-7-8-38-34(26-33)11-14-64(38)43(69)25-31-4-3-5-35(23-31)54(55,56)57/h3-9,23-24,26,28-30,45-48,53,58,70-72H,10-22,25,27H2,1-2H3,(H3,59,61,66,67,74,75)/p+1/t30?,45-,46-,47+,48-,53+/m0/s1. The fourth-order valence-corrected chi connectivity index (χ4v) is 9.67. The molecule has 0 aliphatic carbocycles. The Balaban J connectivity index is 0.890. The average Bonchev–Trinajstić information content (AvgIpc) is 4.21. The number of likely N-dealkylation sites (tertiary alicyclic amines) is 1. The van der Waals surface area contributed by atoms with E-state index in [2.05, 4.69) is 15.6 Å². The smallest absolute Gasteiger partial charge is 0.416 e. The Morgan fingerprint density at radius 3 is 2.34 bits per heavy atom. The fourth-order valence-electron chi connectivity index (χ4n) is 9.67. The zero-order valence-corrected chi connectivity index (χ0v) is 43.7. The summed E-state index contributed by atoms with van der Waals surface area (Å²) in [6.07, 6.45) is -10.5. The number of amides is 5. The number of nitrogens with zero attached hydrogens (tertiary/aromatic N) is 5. The fraction of sp³-hybridized carbons (Fsp3) is 0.444. The van der Waals surface area contributed by atoms with Gasteiger partial charge in [0.1, 0.15) is 29.4 Å². The molecule has 8 N–H and O–H groups in total. The van der Waals surface area contributed by atoms with Crippen LogP contribution in [0.15, 0.2) is 73.2 Å². The van der Waals surface area contributed by atoms with Gasteiger partial charge in [-0.1, -0.05) is 42.2 Å². The number of aryl methyl sites for hydroxylation is 1. The zero-order chi connectivity index (χ0) is 57.4. The number of aliphatic hydroxyl groups excluding tert-OH is 3. The highest BCUT2D eigenvalue weighted by Crippen LogP contribution is 2.38. The lowest BCUT2D eigenvalue weighted by Gasteiger charge is -2.38. The minimum absolute atomic E-state index is 0.0156. The molecule has 0 saturated carbocycles. The summed E-state index contributed by atoms with van der Waals surface area (Å²) in [6, 6.07) is 14.9. The molecule has 2 aromatic heterocycles. The van der Waals surface area contributed by atoms with Gasteiger partial charge in [-0.2, -0.15) is 13.2 Å². The highest BCUT2D eigenvalue weighted by Gasteiger charge is 2.48. The molecule has 2 fully saturated rings. The third kappa shape index (κ3) is 13.9. The third-order valence-corrected chi connectivity index (χ3v) is 13.8. The number of hydrogen-bond acceptors (Lipinski definition) is 16. The van der Waals surface area contributed by atoms with Crippen molar-refractivity contribution in [1.82, 2.24) is 19.8 Å². The van der Waals surface area contributed by atoms with Crippen LogP contribution in [-0.2, 0) is 80.3 Å². The number of carboxylic acids is 1. The topological polar surface area (TPSA) is 308 Å². The van der Waals surface area contributed by atoms with Crippen LogP contribution in [0.5, 0.6) is 5.75 Å². The number of rotatable bonds is 24. The van der Waals surface area contributed by atoms with Crippen molar-refractivity contribution in [2.24, 2.45) is 13.0 Å². The van der Waals surface area contributed by atoms with Crippen molar-refractivity contribution in [1.29, 1.82) is 0 Å². The van der Waals surface area contributed by atoms with E-state index in [4.69, 9.17) is 29.4 Å². The van der Waals surface area contributed by atoms with E-state index in [1.165, 1.54) is 29.4 Å². The first-order valence-corrected chi connectivity index (χ1v) is 25.8. The Kier molecular flexibility index (Phi) is 18.8. The van der Waals surface area contributed by atoms with Gasteiger partial charge in [0.15, 0.2) is 6.10 Å². The van der Waals surface area contributed by atoms with E-state index in [-0.39, 0.29) is 131 Å². The monoisotopic (exact) mass is 1120 g/mol. The molecule has 3 aliphatic rings. The van der Waals surface area contributed by atoms with Gasteiger partial charge in [0.25, 0.3) is 0 Å². The van der Waals surface area contributed by atoms with Crippen molar-refractivity contribution in [2.45, 2.75) is 82.5 Å². The van der Waals surface area contributed by atoms with E-state index < -0.39 is 60.2 Å². The number of carbonyl (C=O) groups excluding carboxylic acids is 5. The molecule has 428 valence electrons. The summed E-state index contributed by atoms with van der Waals surface area (Å²) in [4.78, 5) is 82.5. The van der Waals surface area contributed by atoms with E-state index in [1.807, 2.05) is 29.9 Å². The largest absolute Gasteiger partial charge is 0.479 e. The molecule has 2 saturated heterocycles. The van der Waals surface area contributed by atoms with Crippen LogP contribution in [0.1, 0.15) is 48.4 Å². The number of anilines is 3. The summed E-state index contributed by atoms with van der Waals surface area (Å²) in [6.45, 7) is 3.47. The Bertz CT molecular complexity index is 3120. The van der Waals surface area contributed by atoms with Gasteiger partial charge < -0.3 is 65.4 Å². The maximum Gasteiger partial charge on any atom is 0.416 e. The van der Waals surface area contributed by atoms with Gasteiger partial charge in [-0.3, -0.25) is 33.4 Å². The molecule has 0 spiro atoms. The number of imide groups is 1. The van der Waals surface area contributed by atoms with Crippen LogP contribution in [0.2, 0.25) is 0 Å². The summed E-state index contributed by atoms with van der Waals surface area (Å²) in [7, 11) is 1.81. The van der Waals surface area contributed by atoms with Crippen molar-refractivity contribution in [2.75, 3.05) is 75.2 Å². The summed E-state index contributed by atoms with van der Waals surface area (Å²) in [5, 5.41) is 47.1. The molecule has 5 amide bonds. The number of nitrogens with two attached hydrogens (primary N) is 1. The van der Waals surface area contributed by atoms with E-state index >= 15 is 0 Å². The molecule has 80 heavy (non-hydrogen) atoms. The van der Waals surface area contributed by atoms with Crippen molar-refractivity contribution in [3.8, 4) is 16.9 Å². The van der Waals surface area contributed by atoms with E-state index in [0.29, 0.717) is 35.2 Å². The first-order chi connectivity index (χ1) is 38.2. The van der Waals surface area contributed by atoms with E-state index in [9.17, 15) is 62.4 Å². The number of hydrogen-bond donors (Lipinski definition) is 7. The zero-order valence-electron chi connectivity index (χ0n) is 43.7.